The minimum atomic E-state index is -0.435. The Kier molecular flexibility index (Phi) is 3.80. The molecule has 1 N–H and O–H groups in total. The van der Waals surface area contributed by atoms with E-state index in [1.807, 2.05) is 13.8 Å². The van der Waals surface area contributed by atoms with E-state index in [4.69, 9.17) is 0 Å². The first-order chi connectivity index (χ1) is 8.97. The number of nitro groups is 1. The molecule has 2 rings (SSSR count). The van der Waals surface area contributed by atoms with E-state index in [0.717, 1.165) is 5.56 Å². The monoisotopic (exact) mass is 277 g/mol. The third-order valence-corrected chi connectivity index (χ3v) is 4.00. The lowest BCUT2D eigenvalue weighted by Gasteiger charge is -2.14. The van der Waals surface area contributed by atoms with Crippen molar-refractivity contribution in [3.63, 3.8) is 0 Å². The summed E-state index contributed by atoms with van der Waals surface area (Å²) in [4.78, 5) is 16.8. The van der Waals surface area contributed by atoms with Gasteiger partial charge in [-0.05, 0) is 38.5 Å². The summed E-state index contributed by atoms with van der Waals surface area (Å²) in [5.74, 6) is 0.684. The molecule has 0 aliphatic heterocycles. The van der Waals surface area contributed by atoms with Gasteiger partial charge in [-0.2, -0.15) is 0 Å². The zero-order valence-corrected chi connectivity index (χ0v) is 11.8. The van der Waals surface area contributed by atoms with Crippen molar-refractivity contribution in [3.05, 3.63) is 49.8 Å². The summed E-state index contributed by atoms with van der Waals surface area (Å²) >= 11 is 1.73. The molecule has 19 heavy (non-hydrogen) atoms. The Morgan fingerprint density at radius 3 is 2.68 bits per heavy atom. The second-order valence-corrected chi connectivity index (χ2v) is 5.75. The first-order valence-corrected chi connectivity index (χ1v) is 6.73. The Balaban J connectivity index is 2.17. The van der Waals surface area contributed by atoms with Crippen molar-refractivity contribution < 1.29 is 4.92 Å². The molecule has 0 saturated heterocycles. The Morgan fingerprint density at radius 2 is 2.16 bits per heavy atom. The van der Waals surface area contributed by atoms with E-state index in [1.54, 1.807) is 11.3 Å². The lowest BCUT2D eigenvalue weighted by Crippen LogP contribution is -2.08. The van der Waals surface area contributed by atoms with Crippen molar-refractivity contribution in [1.82, 2.24) is 4.98 Å². The van der Waals surface area contributed by atoms with Gasteiger partial charge in [0.2, 0.25) is 0 Å². The summed E-state index contributed by atoms with van der Waals surface area (Å²) in [5, 5.41) is 13.9. The molecule has 0 bridgehead atoms. The quantitative estimate of drug-likeness (QED) is 0.681. The van der Waals surface area contributed by atoms with Crippen LogP contribution in [0.15, 0.2) is 24.4 Å². The number of thiophene rings is 1. The molecule has 1 unspecified atom stereocenters. The minimum absolute atomic E-state index is 0.0164. The number of hydrogen-bond acceptors (Lipinski definition) is 5. The van der Waals surface area contributed by atoms with Crippen molar-refractivity contribution >= 4 is 22.8 Å². The highest BCUT2D eigenvalue weighted by Gasteiger charge is 2.13. The number of nitrogens with zero attached hydrogens (tertiary/aromatic N) is 2. The fraction of sp³-hybridized carbons (Fsp3) is 0.308. The molecular formula is C13H15N3O2S. The molecular weight excluding hydrogens is 262 g/mol. The van der Waals surface area contributed by atoms with Gasteiger partial charge >= 0.3 is 0 Å². The fourth-order valence-electron chi connectivity index (χ4n) is 1.77. The van der Waals surface area contributed by atoms with Crippen LogP contribution in [0.25, 0.3) is 0 Å². The molecule has 100 valence electrons. The average Bonchev–Trinajstić information content (AvgIpc) is 2.78. The zero-order chi connectivity index (χ0) is 14.0. The van der Waals surface area contributed by atoms with Gasteiger partial charge in [0.25, 0.3) is 5.69 Å². The molecule has 0 aromatic carbocycles. The van der Waals surface area contributed by atoms with Gasteiger partial charge in [0.1, 0.15) is 12.0 Å². The van der Waals surface area contributed by atoms with Crippen LogP contribution in [-0.4, -0.2) is 9.91 Å². The Labute approximate surface area is 115 Å². The summed E-state index contributed by atoms with van der Waals surface area (Å²) < 4.78 is 0. The SMILES string of the molecule is Cc1ccc(C(C)Nc2ncc([N+](=O)[O-])cc2C)s1. The summed E-state index contributed by atoms with van der Waals surface area (Å²) in [6.07, 6.45) is 1.28. The van der Waals surface area contributed by atoms with E-state index in [-0.39, 0.29) is 11.7 Å². The van der Waals surface area contributed by atoms with Crippen molar-refractivity contribution in [2.45, 2.75) is 26.8 Å². The number of rotatable bonds is 4. The maximum absolute atomic E-state index is 10.7. The van der Waals surface area contributed by atoms with Gasteiger partial charge < -0.3 is 5.32 Å². The summed E-state index contributed by atoms with van der Waals surface area (Å²) in [6.45, 7) is 5.93. The Morgan fingerprint density at radius 1 is 1.42 bits per heavy atom. The smallest absolute Gasteiger partial charge is 0.287 e. The van der Waals surface area contributed by atoms with Crippen LogP contribution in [0.3, 0.4) is 0 Å². The van der Waals surface area contributed by atoms with Gasteiger partial charge in [0.15, 0.2) is 0 Å². The highest BCUT2D eigenvalue weighted by atomic mass is 32.1. The largest absolute Gasteiger partial charge is 0.363 e. The number of aryl methyl sites for hydroxylation is 2. The third kappa shape index (κ3) is 3.08. The molecule has 2 aromatic rings. The maximum Gasteiger partial charge on any atom is 0.287 e. The third-order valence-electron chi connectivity index (χ3n) is 2.82. The van der Waals surface area contributed by atoms with Crippen LogP contribution >= 0.6 is 11.3 Å². The molecule has 2 aromatic heterocycles. The fourth-order valence-corrected chi connectivity index (χ4v) is 2.65. The van der Waals surface area contributed by atoms with Crippen molar-refractivity contribution in [1.29, 1.82) is 0 Å². The van der Waals surface area contributed by atoms with Gasteiger partial charge in [-0.15, -0.1) is 11.3 Å². The molecule has 6 heteroatoms. The van der Waals surface area contributed by atoms with Gasteiger partial charge in [-0.25, -0.2) is 4.98 Å². The molecule has 0 aliphatic carbocycles. The summed E-state index contributed by atoms with van der Waals surface area (Å²) in [5.41, 5.74) is 0.789. The number of aromatic nitrogens is 1. The number of hydrogen-bond donors (Lipinski definition) is 1. The van der Waals surface area contributed by atoms with Crippen LogP contribution in [0.1, 0.15) is 28.3 Å². The van der Waals surface area contributed by atoms with Crippen LogP contribution in [0.2, 0.25) is 0 Å². The lowest BCUT2D eigenvalue weighted by atomic mass is 10.2. The summed E-state index contributed by atoms with van der Waals surface area (Å²) in [6, 6.07) is 5.82. The number of nitrogens with one attached hydrogen (secondary N) is 1. The molecule has 2 heterocycles. The van der Waals surface area contributed by atoms with Crippen LogP contribution in [0.4, 0.5) is 11.5 Å². The average molecular weight is 277 g/mol. The van der Waals surface area contributed by atoms with E-state index in [2.05, 4.69) is 29.4 Å². The van der Waals surface area contributed by atoms with Crippen LogP contribution in [0, 0.1) is 24.0 Å². The standard InChI is InChI=1S/C13H15N3O2S/c1-8-6-11(16(17)18)7-14-13(8)15-10(3)12-5-4-9(2)19-12/h4-7,10H,1-3H3,(H,14,15). The molecule has 0 spiro atoms. The second kappa shape index (κ2) is 5.36. The van der Waals surface area contributed by atoms with Gasteiger partial charge in [0.05, 0.1) is 11.0 Å². The Hall–Kier alpha value is -1.95. The van der Waals surface area contributed by atoms with Crippen LogP contribution in [-0.2, 0) is 0 Å². The number of pyridine rings is 1. The molecule has 0 saturated carbocycles. The first kappa shape index (κ1) is 13.5. The molecule has 1 atom stereocenters. The van der Waals surface area contributed by atoms with Gasteiger partial charge in [-0.1, -0.05) is 0 Å². The van der Waals surface area contributed by atoms with Crippen molar-refractivity contribution in [2.75, 3.05) is 5.32 Å². The molecule has 0 radical (unpaired) electrons. The van der Waals surface area contributed by atoms with E-state index >= 15 is 0 Å². The maximum atomic E-state index is 10.7. The lowest BCUT2D eigenvalue weighted by molar-refractivity contribution is -0.385. The van der Waals surface area contributed by atoms with Gasteiger partial charge in [-0.3, -0.25) is 10.1 Å². The van der Waals surface area contributed by atoms with Crippen molar-refractivity contribution in [3.8, 4) is 0 Å². The van der Waals surface area contributed by atoms with Gasteiger partial charge in [0, 0.05) is 15.8 Å². The topological polar surface area (TPSA) is 68.1 Å². The van der Waals surface area contributed by atoms with E-state index in [0.29, 0.717) is 5.82 Å². The zero-order valence-electron chi connectivity index (χ0n) is 11.0. The Bertz CT molecular complexity index is 610. The van der Waals surface area contributed by atoms with E-state index in [9.17, 15) is 10.1 Å². The number of anilines is 1. The highest BCUT2D eigenvalue weighted by molar-refractivity contribution is 7.12. The van der Waals surface area contributed by atoms with E-state index < -0.39 is 4.92 Å². The van der Waals surface area contributed by atoms with Crippen LogP contribution in [0.5, 0.6) is 0 Å². The van der Waals surface area contributed by atoms with E-state index in [1.165, 1.54) is 22.0 Å². The predicted octanol–water partition coefficient (Wildman–Crippen LogP) is 3.84. The highest BCUT2D eigenvalue weighted by Crippen LogP contribution is 2.27. The summed E-state index contributed by atoms with van der Waals surface area (Å²) in [7, 11) is 0. The molecule has 0 amide bonds. The minimum Gasteiger partial charge on any atom is -0.363 e. The van der Waals surface area contributed by atoms with Crippen molar-refractivity contribution in [2.24, 2.45) is 0 Å². The molecule has 0 aliphatic rings. The normalized spacial score (nSPS) is 12.2. The molecule has 0 fully saturated rings. The predicted molar refractivity (Wildman–Crippen MR) is 76.7 cm³/mol. The molecule has 5 nitrogen and oxygen atoms in total. The second-order valence-electron chi connectivity index (χ2n) is 4.43. The first-order valence-electron chi connectivity index (χ1n) is 5.91. The van der Waals surface area contributed by atoms with Crippen LogP contribution < -0.4 is 5.32 Å².